The summed E-state index contributed by atoms with van der Waals surface area (Å²) < 4.78 is 0. The van der Waals surface area contributed by atoms with Crippen molar-refractivity contribution in [1.29, 1.82) is 0 Å². The summed E-state index contributed by atoms with van der Waals surface area (Å²) in [4.78, 5) is 0. The Hall–Kier alpha value is 1.30. The predicted octanol–water partition coefficient (Wildman–Crippen LogP) is 1.89. The second-order valence-corrected chi connectivity index (χ2v) is 5.20. The summed E-state index contributed by atoms with van der Waals surface area (Å²) in [5, 5.41) is 0. The molecule has 0 unspecified atom stereocenters. The fourth-order valence-electron chi connectivity index (χ4n) is 0. The Labute approximate surface area is 69.2 Å². The van der Waals surface area contributed by atoms with Crippen LogP contribution in [0.2, 0.25) is 17.4 Å². The minimum Gasteiger partial charge on any atom is -0.358 e. The topological polar surface area (TPSA) is 0 Å². The molecule has 0 radical (unpaired) electrons. The molecule has 0 heterocycles. The standard InChI is InChI=1S/5CH3.Al.Mg/h5*1H3;;/q;;;2*-1;;+2. The molecule has 0 fully saturated rings. The van der Waals surface area contributed by atoms with Crippen molar-refractivity contribution in [3.05, 3.63) is 14.9 Å². The van der Waals surface area contributed by atoms with E-state index in [1.54, 1.807) is 0 Å². The zero-order chi connectivity index (χ0) is 3.58. The normalized spacial score (nSPS) is 3.86. The minimum absolute atomic E-state index is 0. The molecule has 0 aliphatic heterocycles. The molecular formula is C5H15AlMg. The summed E-state index contributed by atoms with van der Waals surface area (Å²) in [5.41, 5.74) is 0. The van der Waals surface area contributed by atoms with Gasteiger partial charge in [-0.1, -0.05) is 0 Å². The van der Waals surface area contributed by atoms with E-state index in [1.807, 2.05) is 0 Å². The molecule has 2 heteroatoms. The summed E-state index contributed by atoms with van der Waals surface area (Å²) in [5.74, 6) is 6.92. The molecule has 0 N–H and O–H groups in total. The van der Waals surface area contributed by atoms with E-state index in [0.717, 1.165) is 0 Å². The van der Waals surface area contributed by atoms with Gasteiger partial charge in [-0.2, -0.15) is 0 Å². The molecule has 0 aromatic carbocycles. The van der Waals surface area contributed by atoms with Crippen LogP contribution in [0.25, 0.3) is 0 Å². The van der Waals surface area contributed by atoms with E-state index in [4.69, 9.17) is 0 Å². The minimum atomic E-state index is -0.139. The average Bonchev–Trinajstić information content (AvgIpc) is 0.811. The Morgan fingerprint density at radius 1 is 0.857 bits per heavy atom. The van der Waals surface area contributed by atoms with E-state index in [-0.39, 0.29) is 52.1 Å². The molecule has 0 aliphatic rings. The molecule has 0 aromatic heterocycles. The monoisotopic (exact) mass is 126 g/mol. The predicted molar refractivity (Wildman–Crippen MR) is 41.9 cm³/mol. The zero-order valence-electron chi connectivity index (χ0n) is 6.28. The molecule has 7 heavy (non-hydrogen) atoms. The van der Waals surface area contributed by atoms with Gasteiger partial charge in [0, 0.05) is 0 Å². The summed E-state index contributed by atoms with van der Waals surface area (Å²) >= 11 is -0.139. The van der Waals surface area contributed by atoms with Gasteiger partial charge >= 0.3 is 23.1 Å². The second-order valence-electron chi connectivity index (χ2n) is 1.73. The number of hydrogen-bond acceptors (Lipinski definition) is 0. The van der Waals surface area contributed by atoms with Gasteiger partial charge in [0.05, 0.1) is 0 Å². The van der Waals surface area contributed by atoms with Crippen LogP contribution >= 0.6 is 0 Å². The first-order valence-corrected chi connectivity index (χ1v) is 5.20. The fraction of sp³-hybridized carbons (Fsp3) is 0.600. The van der Waals surface area contributed by atoms with Crippen molar-refractivity contribution in [2.75, 3.05) is 0 Å². The average molecular weight is 126 g/mol. The first-order valence-electron chi connectivity index (χ1n) is 1.73. The van der Waals surface area contributed by atoms with Crippen molar-refractivity contribution in [2.24, 2.45) is 0 Å². The molecule has 0 aliphatic carbocycles. The van der Waals surface area contributed by atoms with Crippen molar-refractivity contribution in [2.45, 2.75) is 17.4 Å². The third-order valence-electron chi connectivity index (χ3n) is 0. The van der Waals surface area contributed by atoms with Crippen molar-refractivity contribution in [1.82, 2.24) is 0 Å². The Balaban J connectivity index is -0.0000000150. The van der Waals surface area contributed by atoms with Crippen LogP contribution in [0.1, 0.15) is 0 Å². The molecule has 40 valence electrons. The molecule has 0 saturated carbocycles. The molecule has 0 aromatic rings. The summed E-state index contributed by atoms with van der Waals surface area (Å²) in [6, 6.07) is 0. The van der Waals surface area contributed by atoms with Crippen molar-refractivity contribution in [3.63, 3.8) is 0 Å². The third kappa shape index (κ3) is 121. The summed E-state index contributed by atoms with van der Waals surface area (Å²) in [6.45, 7) is 0. The fourth-order valence-corrected chi connectivity index (χ4v) is 0. The largest absolute Gasteiger partial charge is 2.00 e. The van der Waals surface area contributed by atoms with Crippen LogP contribution in [0.5, 0.6) is 0 Å². The molecule has 0 bridgehead atoms. The van der Waals surface area contributed by atoms with Crippen molar-refractivity contribution in [3.8, 4) is 0 Å². The van der Waals surface area contributed by atoms with Gasteiger partial charge in [0.2, 0.25) is 0 Å². The molecular weight excluding hydrogens is 111 g/mol. The van der Waals surface area contributed by atoms with Crippen LogP contribution in [0, 0.1) is 14.9 Å². The van der Waals surface area contributed by atoms with E-state index in [1.165, 1.54) is 0 Å². The maximum absolute atomic E-state index is 2.31. The van der Waals surface area contributed by atoms with Gasteiger partial charge in [-0.05, 0) is 0 Å². The van der Waals surface area contributed by atoms with Gasteiger partial charge in [-0.3, -0.25) is 0 Å². The Morgan fingerprint density at radius 3 is 0.857 bits per heavy atom. The molecule has 0 nitrogen and oxygen atoms in total. The van der Waals surface area contributed by atoms with Crippen LogP contribution in [0.15, 0.2) is 0 Å². The molecule has 0 rings (SSSR count). The first kappa shape index (κ1) is 23.9. The second kappa shape index (κ2) is 15.7. The van der Waals surface area contributed by atoms with Crippen molar-refractivity contribution < 1.29 is 0 Å². The van der Waals surface area contributed by atoms with Crippen LogP contribution < -0.4 is 0 Å². The van der Waals surface area contributed by atoms with E-state index in [0.29, 0.717) is 0 Å². The maximum atomic E-state index is 2.31. The van der Waals surface area contributed by atoms with E-state index in [9.17, 15) is 0 Å². The first-order chi connectivity index (χ1) is 1.73. The van der Waals surface area contributed by atoms with Gasteiger partial charge in [0.25, 0.3) is 14.1 Å². The van der Waals surface area contributed by atoms with Crippen LogP contribution in [0.3, 0.4) is 0 Å². The molecule has 0 saturated heterocycles. The van der Waals surface area contributed by atoms with Crippen molar-refractivity contribution >= 4 is 37.2 Å². The maximum Gasteiger partial charge on any atom is 2.00 e. The van der Waals surface area contributed by atoms with Gasteiger partial charge in [-0.25, -0.2) is 0 Å². The zero-order valence-corrected chi connectivity index (χ0v) is 8.85. The quantitative estimate of drug-likeness (QED) is 0.343. The molecule has 0 atom stereocenters. The molecule has 0 spiro atoms. The van der Waals surface area contributed by atoms with Crippen LogP contribution in [-0.4, -0.2) is 37.2 Å². The number of rotatable bonds is 0. The summed E-state index contributed by atoms with van der Waals surface area (Å²) in [6.07, 6.45) is 0. The van der Waals surface area contributed by atoms with Crippen LogP contribution in [-0.2, 0) is 0 Å². The van der Waals surface area contributed by atoms with Gasteiger partial charge in [0.1, 0.15) is 0 Å². The Bertz CT molecular complexity index is 12.8. The van der Waals surface area contributed by atoms with Gasteiger partial charge in [-0.15, -0.1) is 17.4 Å². The van der Waals surface area contributed by atoms with Gasteiger partial charge < -0.3 is 14.9 Å². The smallest absolute Gasteiger partial charge is 0.358 e. The SMILES string of the molecule is [CH3-].[CH3-].[CH3][Al]([CH3])[CH3].[Mg+2]. The van der Waals surface area contributed by atoms with Crippen LogP contribution in [0.4, 0.5) is 0 Å². The summed E-state index contributed by atoms with van der Waals surface area (Å²) in [7, 11) is 0. The Morgan fingerprint density at radius 2 is 0.857 bits per heavy atom. The van der Waals surface area contributed by atoms with E-state index < -0.39 is 0 Å². The van der Waals surface area contributed by atoms with E-state index in [2.05, 4.69) is 17.4 Å². The molecule has 0 amide bonds. The Kier molecular flexibility index (Phi) is 53.6. The number of hydrogen-bond donors (Lipinski definition) is 0. The van der Waals surface area contributed by atoms with E-state index >= 15 is 0 Å². The van der Waals surface area contributed by atoms with Gasteiger partial charge in [0.15, 0.2) is 0 Å². The third-order valence-corrected chi connectivity index (χ3v) is 0.